The zero-order valence-corrected chi connectivity index (χ0v) is 22.5. The molecule has 0 aromatic heterocycles. The number of rotatable bonds is 10. The van der Waals surface area contributed by atoms with E-state index in [1.54, 1.807) is 61.5 Å². The van der Waals surface area contributed by atoms with Crippen LogP contribution >= 0.6 is 23.2 Å². The fraction of sp³-hybridized carbons (Fsp3) is 0.207. The number of carbonyl (C=O) groups excluding carboxylic acids is 3. The Morgan fingerprint density at radius 2 is 1.61 bits per heavy atom. The molecule has 1 aliphatic heterocycles. The number of amides is 3. The van der Waals surface area contributed by atoms with Gasteiger partial charge in [0.25, 0.3) is 11.8 Å². The zero-order chi connectivity index (χ0) is 27.2. The molecule has 0 spiro atoms. The quantitative estimate of drug-likeness (QED) is 0.223. The van der Waals surface area contributed by atoms with Crippen LogP contribution in [0.15, 0.2) is 77.5 Å². The molecule has 38 heavy (non-hydrogen) atoms. The molecule has 1 heterocycles. The fourth-order valence-electron chi connectivity index (χ4n) is 3.88. The normalized spacial score (nSPS) is 13.2. The van der Waals surface area contributed by atoms with Crippen molar-refractivity contribution in [3.63, 3.8) is 0 Å². The summed E-state index contributed by atoms with van der Waals surface area (Å²) in [5, 5.41) is 6.04. The first-order valence-electron chi connectivity index (χ1n) is 12.2. The zero-order valence-electron chi connectivity index (χ0n) is 21.0. The molecule has 0 saturated carbocycles. The first kappa shape index (κ1) is 27.2. The monoisotopic (exact) mass is 551 g/mol. The molecule has 3 aromatic rings. The molecule has 3 aromatic carbocycles. The number of ether oxygens (including phenoxy) is 1. The number of unbranched alkanes of at least 4 members (excludes halogenated alkanes) is 1. The molecule has 0 unspecified atom stereocenters. The summed E-state index contributed by atoms with van der Waals surface area (Å²) in [5.41, 5.74) is 2.96. The van der Waals surface area contributed by atoms with Gasteiger partial charge in [-0.15, -0.1) is 0 Å². The first-order valence-corrected chi connectivity index (χ1v) is 13.0. The summed E-state index contributed by atoms with van der Waals surface area (Å²) in [6, 6.07) is 19.2. The number of hydrogen-bond acceptors (Lipinski definition) is 5. The van der Waals surface area contributed by atoms with Crippen molar-refractivity contribution in [3.05, 3.63) is 93.6 Å². The Morgan fingerprint density at radius 1 is 0.921 bits per heavy atom. The second-order valence-electron chi connectivity index (χ2n) is 8.79. The SMILES string of the molecule is CCCCOc1ccc(NC(=O)Cc2ccc(NC3=C(Cl)C(=O)N(c4cccc(Cl)c4C)C3=O)cc2)cc1. The molecule has 0 saturated heterocycles. The third-order valence-corrected chi connectivity index (χ3v) is 6.76. The molecule has 0 fully saturated rings. The van der Waals surface area contributed by atoms with Gasteiger partial charge in [-0.05, 0) is 73.0 Å². The van der Waals surface area contributed by atoms with E-state index in [0.717, 1.165) is 29.1 Å². The number of nitrogens with zero attached hydrogens (tertiary/aromatic N) is 1. The van der Waals surface area contributed by atoms with Gasteiger partial charge in [0.05, 0.1) is 18.7 Å². The van der Waals surface area contributed by atoms with Gasteiger partial charge in [0.2, 0.25) is 5.91 Å². The van der Waals surface area contributed by atoms with E-state index in [1.807, 2.05) is 12.1 Å². The van der Waals surface area contributed by atoms with Crippen molar-refractivity contribution in [2.45, 2.75) is 33.1 Å². The summed E-state index contributed by atoms with van der Waals surface area (Å²) in [6.07, 6.45) is 2.22. The second-order valence-corrected chi connectivity index (χ2v) is 9.58. The lowest BCUT2D eigenvalue weighted by atomic mass is 10.1. The third kappa shape index (κ3) is 6.18. The average Bonchev–Trinajstić information content (AvgIpc) is 3.11. The lowest BCUT2D eigenvalue weighted by Crippen LogP contribution is -2.32. The average molecular weight is 552 g/mol. The Hall–Kier alpha value is -3.81. The molecule has 2 N–H and O–H groups in total. The van der Waals surface area contributed by atoms with E-state index in [0.29, 0.717) is 34.3 Å². The standard InChI is InChI=1S/C29H27Cl2N3O4/c1-3-4-16-38-22-14-12-20(13-15-22)32-25(35)17-19-8-10-21(11-9-19)33-27-26(31)28(36)34(29(27)37)24-7-5-6-23(30)18(24)2/h5-15,33H,3-4,16-17H2,1-2H3,(H,32,35). The van der Waals surface area contributed by atoms with Crippen LogP contribution in [0, 0.1) is 6.92 Å². The van der Waals surface area contributed by atoms with Crippen LogP contribution in [0.2, 0.25) is 5.02 Å². The van der Waals surface area contributed by atoms with Gasteiger partial charge < -0.3 is 15.4 Å². The molecular weight excluding hydrogens is 525 g/mol. The van der Waals surface area contributed by atoms with Crippen molar-refractivity contribution in [2.75, 3.05) is 22.1 Å². The van der Waals surface area contributed by atoms with Crippen LogP contribution in [-0.4, -0.2) is 24.3 Å². The van der Waals surface area contributed by atoms with Crippen LogP contribution in [-0.2, 0) is 20.8 Å². The van der Waals surface area contributed by atoms with Gasteiger partial charge in [-0.1, -0.05) is 54.7 Å². The summed E-state index contributed by atoms with van der Waals surface area (Å²) in [5.74, 6) is -0.600. The minimum absolute atomic E-state index is 0.0244. The Labute approximate surface area is 231 Å². The number of hydrogen-bond donors (Lipinski definition) is 2. The van der Waals surface area contributed by atoms with E-state index in [9.17, 15) is 14.4 Å². The Morgan fingerprint density at radius 3 is 2.29 bits per heavy atom. The van der Waals surface area contributed by atoms with Gasteiger partial charge in [-0.25, -0.2) is 4.90 Å². The highest BCUT2D eigenvalue weighted by molar-refractivity contribution is 6.53. The van der Waals surface area contributed by atoms with Gasteiger partial charge in [0, 0.05) is 16.4 Å². The molecule has 4 rings (SSSR count). The molecule has 0 radical (unpaired) electrons. The van der Waals surface area contributed by atoms with E-state index in [4.69, 9.17) is 27.9 Å². The van der Waals surface area contributed by atoms with Gasteiger partial charge in [0.1, 0.15) is 16.5 Å². The molecule has 1 aliphatic rings. The Bertz CT molecular complexity index is 1390. The molecule has 0 aliphatic carbocycles. The lowest BCUT2D eigenvalue weighted by molar-refractivity contribution is -0.120. The van der Waals surface area contributed by atoms with Gasteiger partial charge in [-0.2, -0.15) is 0 Å². The third-order valence-electron chi connectivity index (χ3n) is 6.00. The van der Waals surface area contributed by atoms with Crippen LogP contribution in [0.25, 0.3) is 0 Å². The van der Waals surface area contributed by atoms with Crippen LogP contribution in [0.5, 0.6) is 5.75 Å². The van der Waals surface area contributed by atoms with E-state index in [1.165, 1.54) is 0 Å². The number of anilines is 3. The number of imide groups is 1. The second kappa shape index (κ2) is 12.2. The largest absolute Gasteiger partial charge is 0.494 e. The molecule has 196 valence electrons. The predicted molar refractivity (Wildman–Crippen MR) is 151 cm³/mol. The van der Waals surface area contributed by atoms with Gasteiger partial charge >= 0.3 is 0 Å². The highest BCUT2D eigenvalue weighted by Crippen LogP contribution is 2.34. The van der Waals surface area contributed by atoms with E-state index in [-0.39, 0.29) is 23.1 Å². The van der Waals surface area contributed by atoms with Crippen molar-refractivity contribution >= 4 is 58.0 Å². The lowest BCUT2D eigenvalue weighted by Gasteiger charge is -2.18. The van der Waals surface area contributed by atoms with Crippen molar-refractivity contribution in [1.29, 1.82) is 0 Å². The Kier molecular flexibility index (Phi) is 8.71. The summed E-state index contributed by atoms with van der Waals surface area (Å²) in [7, 11) is 0. The predicted octanol–water partition coefficient (Wildman–Crippen LogP) is 6.44. The maximum Gasteiger partial charge on any atom is 0.283 e. The van der Waals surface area contributed by atoms with Crippen molar-refractivity contribution in [3.8, 4) is 5.75 Å². The number of nitrogens with one attached hydrogen (secondary N) is 2. The number of carbonyl (C=O) groups is 3. The van der Waals surface area contributed by atoms with Crippen LogP contribution in [0.1, 0.15) is 30.9 Å². The van der Waals surface area contributed by atoms with Gasteiger partial charge in [0.15, 0.2) is 0 Å². The first-order chi connectivity index (χ1) is 18.3. The van der Waals surface area contributed by atoms with E-state index < -0.39 is 11.8 Å². The molecule has 9 heteroatoms. The molecule has 7 nitrogen and oxygen atoms in total. The summed E-state index contributed by atoms with van der Waals surface area (Å²) < 4.78 is 5.64. The number of benzene rings is 3. The van der Waals surface area contributed by atoms with Crippen LogP contribution in [0.3, 0.4) is 0 Å². The highest BCUT2D eigenvalue weighted by Gasteiger charge is 2.39. The highest BCUT2D eigenvalue weighted by atomic mass is 35.5. The van der Waals surface area contributed by atoms with E-state index in [2.05, 4.69) is 17.6 Å². The fourth-order valence-corrected chi connectivity index (χ4v) is 4.26. The van der Waals surface area contributed by atoms with Gasteiger partial charge in [-0.3, -0.25) is 14.4 Å². The van der Waals surface area contributed by atoms with Crippen molar-refractivity contribution in [1.82, 2.24) is 0 Å². The van der Waals surface area contributed by atoms with Crippen molar-refractivity contribution < 1.29 is 19.1 Å². The summed E-state index contributed by atoms with van der Waals surface area (Å²) in [6.45, 7) is 4.50. The summed E-state index contributed by atoms with van der Waals surface area (Å²) >= 11 is 12.4. The molecule has 0 atom stereocenters. The minimum atomic E-state index is -0.627. The smallest absolute Gasteiger partial charge is 0.283 e. The molecular formula is C29H27Cl2N3O4. The summed E-state index contributed by atoms with van der Waals surface area (Å²) in [4.78, 5) is 39.3. The van der Waals surface area contributed by atoms with E-state index >= 15 is 0 Å². The number of halogens is 2. The van der Waals surface area contributed by atoms with Crippen LogP contribution in [0.4, 0.5) is 17.1 Å². The topological polar surface area (TPSA) is 87.7 Å². The molecule has 3 amide bonds. The maximum absolute atomic E-state index is 13.1. The van der Waals surface area contributed by atoms with Crippen molar-refractivity contribution in [2.24, 2.45) is 0 Å². The Balaban J connectivity index is 1.36. The minimum Gasteiger partial charge on any atom is -0.494 e. The maximum atomic E-state index is 13.1. The van der Waals surface area contributed by atoms with Crippen LogP contribution < -0.4 is 20.3 Å². The molecule has 0 bridgehead atoms.